The third-order valence-electron chi connectivity index (χ3n) is 4.79. The molecular weight excluding hydrogens is 378 g/mol. The summed E-state index contributed by atoms with van der Waals surface area (Å²) in [6, 6.07) is 18.4. The van der Waals surface area contributed by atoms with E-state index >= 15 is 0 Å². The average molecular weight is 401 g/mol. The number of rotatable bonds is 6. The quantitative estimate of drug-likeness (QED) is 0.749. The Labute approximate surface area is 164 Å². The number of sulfone groups is 1. The molecule has 0 radical (unpaired) electrons. The highest BCUT2D eigenvalue weighted by molar-refractivity contribution is 7.91. The molecule has 2 aromatic carbocycles. The molecule has 1 aliphatic rings. The molecule has 1 aliphatic heterocycles. The zero-order chi connectivity index (χ0) is 20.2. The Hall–Kier alpha value is -2.67. The van der Waals surface area contributed by atoms with E-state index in [2.05, 4.69) is 5.32 Å². The highest BCUT2D eigenvalue weighted by Gasteiger charge is 2.39. The van der Waals surface area contributed by atoms with Gasteiger partial charge in [0.15, 0.2) is 16.4 Å². The second kappa shape index (κ2) is 8.14. The number of carbonyl (C=O) groups is 2. The molecule has 1 amide bonds. The number of amides is 1. The molecule has 3 rings (SSSR count). The lowest BCUT2D eigenvalue weighted by molar-refractivity contribution is -0.149. The lowest BCUT2D eigenvalue weighted by atomic mass is 9.91. The van der Waals surface area contributed by atoms with Gasteiger partial charge in [0.2, 0.25) is 0 Å². The van der Waals surface area contributed by atoms with Crippen molar-refractivity contribution in [2.75, 3.05) is 18.1 Å². The first-order valence-corrected chi connectivity index (χ1v) is 10.9. The van der Waals surface area contributed by atoms with Crippen LogP contribution in [0.4, 0.5) is 0 Å². The van der Waals surface area contributed by atoms with E-state index in [1.807, 2.05) is 60.7 Å². The molecule has 0 bridgehead atoms. The van der Waals surface area contributed by atoms with Gasteiger partial charge in [-0.2, -0.15) is 0 Å². The molecule has 1 heterocycles. The zero-order valence-corrected chi connectivity index (χ0v) is 16.4. The molecule has 0 unspecified atom stereocenters. The molecule has 1 saturated heterocycles. The van der Waals surface area contributed by atoms with Crippen LogP contribution in [0.1, 0.15) is 30.4 Å². The van der Waals surface area contributed by atoms with E-state index in [1.165, 1.54) is 0 Å². The van der Waals surface area contributed by atoms with Crippen LogP contribution in [-0.4, -0.2) is 43.9 Å². The minimum atomic E-state index is -3.14. The summed E-state index contributed by atoms with van der Waals surface area (Å²) in [4.78, 5) is 25.0. The van der Waals surface area contributed by atoms with E-state index in [9.17, 15) is 18.0 Å². The second-order valence-electron chi connectivity index (χ2n) is 7.31. The summed E-state index contributed by atoms with van der Waals surface area (Å²) in [6.07, 6.45) is 0.353. The lowest BCUT2D eigenvalue weighted by Gasteiger charge is -2.24. The summed E-state index contributed by atoms with van der Waals surface area (Å²) in [5.74, 6) is -1.73. The maximum absolute atomic E-state index is 12.8. The first kappa shape index (κ1) is 20.1. The van der Waals surface area contributed by atoms with E-state index in [-0.39, 0.29) is 11.5 Å². The number of hydrogen-bond acceptors (Lipinski definition) is 5. The topological polar surface area (TPSA) is 89.5 Å². The zero-order valence-electron chi connectivity index (χ0n) is 15.6. The van der Waals surface area contributed by atoms with Crippen LogP contribution < -0.4 is 5.32 Å². The molecule has 7 heteroatoms. The molecule has 6 nitrogen and oxygen atoms in total. The highest BCUT2D eigenvalue weighted by Crippen LogP contribution is 2.26. The van der Waals surface area contributed by atoms with E-state index in [0.717, 1.165) is 11.1 Å². The van der Waals surface area contributed by atoms with E-state index in [1.54, 1.807) is 6.92 Å². The predicted octanol–water partition coefficient (Wildman–Crippen LogP) is 2.06. The maximum atomic E-state index is 12.8. The van der Waals surface area contributed by atoms with Crippen LogP contribution in [0.15, 0.2) is 60.7 Å². The number of benzene rings is 2. The number of esters is 1. The minimum absolute atomic E-state index is 0.0493. The fourth-order valence-corrected chi connectivity index (χ4v) is 5.55. The van der Waals surface area contributed by atoms with Gasteiger partial charge in [0, 0.05) is 0 Å². The van der Waals surface area contributed by atoms with Crippen molar-refractivity contribution in [3.05, 3.63) is 71.8 Å². The SMILES string of the molecule is C[C@]1(NC(=O)COC(=O)C(c2ccccc2)c2ccccc2)CCS(=O)(=O)C1. The Morgan fingerprint density at radius 2 is 1.57 bits per heavy atom. The van der Waals surface area contributed by atoms with Gasteiger partial charge in [0.05, 0.1) is 17.0 Å². The molecule has 0 aliphatic carbocycles. The standard InChI is InChI=1S/C21H23NO5S/c1-21(12-13-28(25,26)15-21)22-18(23)14-27-20(24)19(16-8-4-2-5-9-16)17-10-6-3-7-11-17/h2-11,19H,12-15H2,1H3,(H,22,23)/t21-/m0/s1. The molecule has 1 fully saturated rings. The van der Waals surface area contributed by atoms with Crippen molar-refractivity contribution >= 4 is 21.7 Å². The number of ether oxygens (including phenoxy) is 1. The molecule has 0 aromatic heterocycles. The Kier molecular flexibility index (Phi) is 5.84. The molecule has 148 valence electrons. The number of carbonyl (C=O) groups excluding carboxylic acids is 2. The van der Waals surface area contributed by atoms with Crippen molar-refractivity contribution in [1.29, 1.82) is 0 Å². The molecule has 1 N–H and O–H groups in total. The van der Waals surface area contributed by atoms with Gasteiger partial charge in [0.1, 0.15) is 5.92 Å². The van der Waals surface area contributed by atoms with Crippen LogP contribution in [0.25, 0.3) is 0 Å². The Morgan fingerprint density at radius 1 is 1.04 bits per heavy atom. The Morgan fingerprint density at radius 3 is 2.04 bits per heavy atom. The molecule has 0 saturated carbocycles. The summed E-state index contributed by atoms with van der Waals surface area (Å²) < 4.78 is 28.6. The monoisotopic (exact) mass is 401 g/mol. The molecule has 2 aromatic rings. The maximum Gasteiger partial charge on any atom is 0.318 e. The lowest BCUT2D eigenvalue weighted by Crippen LogP contribution is -2.48. The van der Waals surface area contributed by atoms with Crippen molar-refractivity contribution in [1.82, 2.24) is 5.32 Å². The number of hydrogen-bond donors (Lipinski definition) is 1. The van der Waals surface area contributed by atoms with Crippen molar-refractivity contribution in [2.45, 2.75) is 24.8 Å². The first-order chi connectivity index (χ1) is 13.3. The molecule has 28 heavy (non-hydrogen) atoms. The van der Waals surface area contributed by atoms with Crippen LogP contribution in [-0.2, 0) is 24.2 Å². The van der Waals surface area contributed by atoms with Gasteiger partial charge >= 0.3 is 5.97 Å². The van der Waals surface area contributed by atoms with Crippen LogP contribution >= 0.6 is 0 Å². The summed E-state index contributed by atoms with van der Waals surface area (Å²) in [6.45, 7) is 1.23. The van der Waals surface area contributed by atoms with E-state index in [0.29, 0.717) is 6.42 Å². The van der Waals surface area contributed by atoms with Crippen LogP contribution in [0.5, 0.6) is 0 Å². The van der Waals surface area contributed by atoms with Gasteiger partial charge in [-0.3, -0.25) is 9.59 Å². The van der Waals surface area contributed by atoms with Gasteiger partial charge < -0.3 is 10.1 Å². The highest BCUT2D eigenvalue weighted by atomic mass is 32.2. The van der Waals surface area contributed by atoms with Crippen molar-refractivity contribution < 1.29 is 22.7 Å². The first-order valence-electron chi connectivity index (χ1n) is 9.06. The Bertz CT molecular complexity index is 904. The van der Waals surface area contributed by atoms with Crippen LogP contribution in [0.2, 0.25) is 0 Å². The summed E-state index contributed by atoms with van der Waals surface area (Å²) in [5.41, 5.74) is 0.724. The van der Waals surface area contributed by atoms with E-state index in [4.69, 9.17) is 4.74 Å². The predicted molar refractivity (Wildman–Crippen MR) is 106 cm³/mol. The summed E-state index contributed by atoms with van der Waals surface area (Å²) in [5, 5.41) is 2.69. The Balaban J connectivity index is 1.67. The molecule has 1 atom stereocenters. The third-order valence-corrected chi connectivity index (χ3v) is 6.69. The van der Waals surface area contributed by atoms with Gasteiger partial charge in [-0.05, 0) is 24.5 Å². The molecular formula is C21H23NO5S. The van der Waals surface area contributed by atoms with Gasteiger partial charge in [-0.15, -0.1) is 0 Å². The van der Waals surface area contributed by atoms with Gasteiger partial charge in [0.25, 0.3) is 5.91 Å². The number of nitrogens with one attached hydrogen (secondary N) is 1. The average Bonchev–Trinajstić information content (AvgIpc) is 2.94. The normalized spacial score (nSPS) is 20.6. The second-order valence-corrected chi connectivity index (χ2v) is 9.50. The fourth-order valence-electron chi connectivity index (χ4n) is 3.46. The third kappa shape index (κ3) is 4.98. The minimum Gasteiger partial charge on any atom is -0.455 e. The van der Waals surface area contributed by atoms with Gasteiger partial charge in [-0.1, -0.05) is 60.7 Å². The van der Waals surface area contributed by atoms with Gasteiger partial charge in [-0.25, -0.2) is 8.42 Å². The van der Waals surface area contributed by atoms with Crippen molar-refractivity contribution in [2.24, 2.45) is 0 Å². The summed E-state index contributed by atoms with van der Waals surface area (Å²) >= 11 is 0. The van der Waals surface area contributed by atoms with Crippen LogP contribution in [0.3, 0.4) is 0 Å². The van der Waals surface area contributed by atoms with Crippen LogP contribution in [0, 0.1) is 0 Å². The largest absolute Gasteiger partial charge is 0.455 e. The molecule has 0 spiro atoms. The smallest absolute Gasteiger partial charge is 0.318 e. The van der Waals surface area contributed by atoms with Crippen molar-refractivity contribution in [3.8, 4) is 0 Å². The van der Waals surface area contributed by atoms with Crippen molar-refractivity contribution in [3.63, 3.8) is 0 Å². The summed E-state index contributed by atoms with van der Waals surface area (Å²) in [7, 11) is -3.14. The fraction of sp³-hybridized carbons (Fsp3) is 0.333. The van der Waals surface area contributed by atoms with E-state index < -0.39 is 39.8 Å².